The average molecular weight is 515 g/mol. The van der Waals surface area contributed by atoms with E-state index in [1.165, 1.54) is 10.5 Å². The fourth-order valence-electron chi connectivity index (χ4n) is 4.91. The van der Waals surface area contributed by atoms with Gasteiger partial charge in [0.2, 0.25) is 5.91 Å². The number of amides is 2. The summed E-state index contributed by atoms with van der Waals surface area (Å²) in [6.45, 7) is 6.36. The highest BCUT2D eigenvalue weighted by Gasteiger charge is 2.35. The Morgan fingerprint density at radius 1 is 1.08 bits per heavy atom. The van der Waals surface area contributed by atoms with Crippen LogP contribution in [0, 0.1) is 6.92 Å². The predicted octanol–water partition coefficient (Wildman–Crippen LogP) is 3.72. The van der Waals surface area contributed by atoms with Crippen molar-refractivity contribution in [1.82, 2.24) is 20.1 Å². The number of nitrogens with one attached hydrogen (secondary N) is 1. The van der Waals surface area contributed by atoms with Gasteiger partial charge in [-0.3, -0.25) is 19.5 Å². The van der Waals surface area contributed by atoms with Crippen LogP contribution in [0.5, 0.6) is 11.5 Å². The number of fused-ring (bicyclic) bond motifs is 5. The highest BCUT2D eigenvalue weighted by molar-refractivity contribution is 5.96. The lowest BCUT2D eigenvalue weighted by molar-refractivity contribution is -0.123. The maximum atomic E-state index is 13.1. The van der Waals surface area contributed by atoms with Crippen molar-refractivity contribution in [2.45, 2.75) is 45.6 Å². The van der Waals surface area contributed by atoms with Gasteiger partial charge in [0.1, 0.15) is 11.5 Å². The van der Waals surface area contributed by atoms with Gasteiger partial charge in [-0.2, -0.15) is 0 Å². The van der Waals surface area contributed by atoms with Gasteiger partial charge >= 0.3 is 0 Å². The number of carbonyl (C=O) groups excluding carboxylic acids is 2. The zero-order chi connectivity index (χ0) is 26.6. The summed E-state index contributed by atoms with van der Waals surface area (Å²) < 4.78 is 12.5. The van der Waals surface area contributed by atoms with Gasteiger partial charge in [-0.25, -0.2) is 0 Å². The highest BCUT2D eigenvalue weighted by Crippen LogP contribution is 2.28. The topological polar surface area (TPSA) is 84.0 Å². The van der Waals surface area contributed by atoms with Crippen molar-refractivity contribution in [3.8, 4) is 11.5 Å². The van der Waals surface area contributed by atoms with Crippen molar-refractivity contribution in [2.24, 2.45) is 0 Å². The van der Waals surface area contributed by atoms with Crippen molar-refractivity contribution in [2.75, 3.05) is 26.7 Å². The minimum Gasteiger partial charge on any atom is -0.457 e. The molecule has 2 amide bonds. The molecule has 4 bridgehead atoms. The maximum Gasteiger partial charge on any atom is 0.254 e. The molecule has 0 saturated carbocycles. The van der Waals surface area contributed by atoms with Crippen molar-refractivity contribution in [3.63, 3.8) is 0 Å². The van der Waals surface area contributed by atoms with Crippen LogP contribution in [0.1, 0.15) is 39.7 Å². The van der Waals surface area contributed by atoms with E-state index in [0.717, 1.165) is 23.2 Å². The number of aryl methyl sites for hydroxylation is 2. The zero-order valence-electron chi connectivity index (χ0n) is 22.1. The van der Waals surface area contributed by atoms with Crippen molar-refractivity contribution in [3.05, 3.63) is 88.7 Å². The third-order valence-corrected chi connectivity index (χ3v) is 7.12. The van der Waals surface area contributed by atoms with Crippen molar-refractivity contribution in [1.29, 1.82) is 0 Å². The summed E-state index contributed by atoms with van der Waals surface area (Å²) in [5.74, 6) is 0.822. The first-order valence-corrected chi connectivity index (χ1v) is 13.1. The monoisotopic (exact) mass is 514 g/mol. The number of aromatic nitrogens is 1. The molecule has 8 heteroatoms. The van der Waals surface area contributed by atoms with E-state index < -0.39 is 0 Å². The molecule has 198 valence electrons. The number of nitrogens with zero attached hydrogens (tertiary/aromatic N) is 3. The van der Waals surface area contributed by atoms with Crippen LogP contribution in [0.4, 0.5) is 0 Å². The molecule has 1 aromatic heterocycles. The number of hydrogen-bond acceptors (Lipinski definition) is 6. The molecule has 0 radical (unpaired) electrons. The molecule has 1 N–H and O–H groups in total. The molecule has 3 aromatic rings. The Kier molecular flexibility index (Phi) is 7.72. The van der Waals surface area contributed by atoms with Crippen LogP contribution in [-0.2, 0) is 29.1 Å². The van der Waals surface area contributed by atoms with Crippen LogP contribution in [0.25, 0.3) is 0 Å². The second-order valence-corrected chi connectivity index (χ2v) is 10.1. The number of hydrogen-bond donors (Lipinski definition) is 1. The first kappa shape index (κ1) is 25.9. The molecule has 3 heterocycles. The van der Waals surface area contributed by atoms with Crippen LogP contribution >= 0.6 is 0 Å². The molecule has 38 heavy (non-hydrogen) atoms. The summed E-state index contributed by atoms with van der Waals surface area (Å²) in [6.07, 6.45) is 2.67. The second-order valence-electron chi connectivity index (χ2n) is 10.1. The Morgan fingerprint density at radius 2 is 1.95 bits per heavy atom. The lowest BCUT2D eigenvalue weighted by Gasteiger charge is -2.23. The van der Waals surface area contributed by atoms with E-state index in [-0.39, 0.29) is 30.5 Å². The van der Waals surface area contributed by atoms with E-state index in [1.807, 2.05) is 43.5 Å². The number of pyridine rings is 1. The molecule has 2 atom stereocenters. The maximum absolute atomic E-state index is 13.1. The summed E-state index contributed by atoms with van der Waals surface area (Å²) in [6, 6.07) is 17.1. The van der Waals surface area contributed by atoms with Gasteiger partial charge in [0.05, 0.1) is 31.0 Å². The van der Waals surface area contributed by atoms with E-state index in [0.29, 0.717) is 43.3 Å². The number of likely N-dealkylation sites (N-methyl/N-ethyl adjacent to an activating group) is 1. The van der Waals surface area contributed by atoms with E-state index in [4.69, 9.17) is 9.47 Å². The van der Waals surface area contributed by atoms with Crippen molar-refractivity contribution >= 4 is 11.8 Å². The van der Waals surface area contributed by atoms with Gasteiger partial charge in [0.15, 0.2) is 0 Å². The molecule has 1 saturated heterocycles. The number of carbonyl (C=O) groups is 2. The average Bonchev–Trinajstić information content (AvgIpc) is 3.28. The fourth-order valence-corrected chi connectivity index (χ4v) is 4.91. The largest absolute Gasteiger partial charge is 0.457 e. The highest BCUT2D eigenvalue weighted by atomic mass is 16.5. The molecule has 2 aliphatic heterocycles. The molecule has 0 aliphatic carbocycles. The summed E-state index contributed by atoms with van der Waals surface area (Å²) >= 11 is 0. The molecular weight excluding hydrogens is 480 g/mol. The standard InChI is InChI=1S/C30H34N4O4/c1-4-21-9-11-24(31-14-21)15-34-16-26-28(17-34)37-19-22-6-5-7-25(12-22)38-27-13-23(10-8-20(27)2)30(36)33(3)18-29(35)32-26/h5-14,26,28H,4,15-19H2,1-3H3,(H,32,35)/t26-,28-/m0/s1. The summed E-state index contributed by atoms with van der Waals surface area (Å²) in [5, 5.41) is 3.12. The van der Waals surface area contributed by atoms with E-state index in [1.54, 1.807) is 19.2 Å². The number of benzene rings is 2. The Bertz CT molecular complexity index is 1310. The van der Waals surface area contributed by atoms with Crippen LogP contribution < -0.4 is 10.1 Å². The SMILES string of the molecule is CCc1ccc(CN2C[C@@H]3NC(=O)CN(C)C(=O)c4ccc(C)c(c4)Oc4cccc(c4)CO[C@H]3C2)nc1. The van der Waals surface area contributed by atoms with Gasteiger partial charge in [0, 0.05) is 38.4 Å². The van der Waals surface area contributed by atoms with Gasteiger partial charge in [0.25, 0.3) is 5.91 Å². The molecule has 8 nitrogen and oxygen atoms in total. The normalized spacial score (nSPS) is 20.6. The Hall–Kier alpha value is -3.75. The third kappa shape index (κ3) is 6.03. The van der Waals surface area contributed by atoms with Gasteiger partial charge in [-0.05, 0) is 60.4 Å². The molecule has 2 aromatic carbocycles. The first-order valence-electron chi connectivity index (χ1n) is 13.1. The molecule has 5 rings (SSSR count). The smallest absolute Gasteiger partial charge is 0.254 e. The summed E-state index contributed by atoms with van der Waals surface area (Å²) in [7, 11) is 1.63. The number of ether oxygens (including phenoxy) is 2. The summed E-state index contributed by atoms with van der Waals surface area (Å²) in [5.41, 5.74) is 4.55. The van der Waals surface area contributed by atoms with E-state index >= 15 is 0 Å². The lowest BCUT2D eigenvalue weighted by atomic mass is 10.1. The Morgan fingerprint density at radius 3 is 2.74 bits per heavy atom. The van der Waals surface area contributed by atoms with Crippen LogP contribution in [0.3, 0.4) is 0 Å². The van der Waals surface area contributed by atoms with Crippen LogP contribution in [0.2, 0.25) is 0 Å². The zero-order valence-corrected chi connectivity index (χ0v) is 22.1. The van der Waals surface area contributed by atoms with Gasteiger partial charge < -0.3 is 19.7 Å². The second kappa shape index (κ2) is 11.3. The van der Waals surface area contributed by atoms with Gasteiger partial charge in [-0.15, -0.1) is 0 Å². The van der Waals surface area contributed by atoms with Gasteiger partial charge in [-0.1, -0.05) is 31.2 Å². The van der Waals surface area contributed by atoms with Crippen molar-refractivity contribution < 1.29 is 19.1 Å². The van der Waals surface area contributed by atoms with E-state index in [9.17, 15) is 9.59 Å². The minimum atomic E-state index is -0.242. The number of rotatable bonds is 3. The number of likely N-dealkylation sites (tertiary alicyclic amines) is 1. The minimum absolute atomic E-state index is 0.0504. The summed E-state index contributed by atoms with van der Waals surface area (Å²) in [4.78, 5) is 34.4. The molecular formula is C30H34N4O4. The first-order chi connectivity index (χ1) is 18.4. The lowest BCUT2D eigenvalue weighted by Crippen LogP contribution is -2.48. The molecule has 1 fully saturated rings. The Balaban J connectivity index is 1.38. The Labute approximate surface area is 223 Å². The third-order valence-electron chi connectivity index (χ3n) is 7.12. The quantitative estimate of drug-likeness (QED) is 0.574. The molecule has 0 unspecified atom stereocenters. The molecule has 2 aliphatic rings. The fraction of sp³-hybridized carbons (Fsp3) is 0.367. The predicted molar refractivity (Wildman–Crippen MR) is 144 cm³/mol. The van der Waals surface area contributed by atoms with Crippen LogP contribution in [0.15, 0.2) is 60.8 Å². The molecule has 0 spiro atoms. The van der Waals surface area contributed by atoms with Crippen LogP contribution in [-0.4, -0.2) is 65.4 Å². The van der Waals surface area contributed by atoms with E-state index in [2.05, 4.69) is 34.3 Å².